The predicted octanol–water partition coefficient (Wildman–Crippen LogP) is 3.63. The van der Waals surface area contributed by atoms with Gasteiger partial charge in [-0.05, 0) is 51.3 Å². The van der Waals surface area contributed by atoms with E-state index in [4.69, 9.17) is 25.8 Å². The lowest BCUT2D eigenvalue weighted by Gasteiger charge is -2.30. The van der Waals surface area contributed by atoms with Crippen LogP contribution in [0.2, 0.25) is 0 Å². The summed E-state index contributed by atoms with van der Waals surface area (Å²) >= 11 is 6.58. The molecule has 7 heteroatoms. The van der Waals surface area contributed by atoms with Crippen molar-refractivity contribution in [1.82, 2.24) is 4.90 Å². The fourth-order valence-corrected chi connectivity index (χ4v) is 3.88. The highest BCUT2D eigenvalue weighted by atomic mass is 35.5. The molecule has 1 fully saturated rings. The lowest BCUT2D eigenvalue weighted by Crippen LogP contribution is -2.47. The van der Waals surface area contributed by atoms with E-state index in [9.17, 15) is 9.59 Å². The maximum absolute atomic E-state index is 13.1. The van der Waals surface area contributed by atoms with Gasteiger partial charge in [-0.3, -0.25) is 4.79 Å². The summed E-state index contributed by atoms with van der Waals surface area (Å²) in [4.78, 5) is 27.2. The lowest BCUT2D eigenvalue weighted by molar-refractivity contribution is -0.163. The number of hydrogen-bond acceptors (Lipinski definition) is 5. The number of halogens is 1. The minimum Gasteiger partial charge on any atom is -0.458 e. The van der Waals surface area contributed by atoms with Crippen LogP contribution >= 0.6 is 11.6 Å². The monoisotopic (exact) mass is 407 g/mol. The Morgan fingerprint density at radius 2 is 2.04 bits per heavy atom. The maximum atomic E-state index is 13.1. The Morgan fingerprint density at radius 1 is 1.32 bits per heavy atom. The summed E-state index contributed by atoms with van der Waals surface area (Å²) in [5.74, 6) is 0.170. The number of carbonyl (C=O) groups is 2. The number of rotatable bonds is 5. The molecule has 3 rings (SSSR count). The summed E-state index contributed by atoms with van der Waals surface area (Å²) in [6.07, 6.45) is 2.96. The smallest absolute Gasteiger partial charge is 0.329 e. The van der Waals surface area contributed by atoms with Crippen LogP contribution in [0.5, 0.6) is 11.5 Å². The van der Waals surface area contributed by atoms with Crippen LogP contribution < -0.4 is 9.47 Å². The first-order valence-corrected chi connectivity index (χ1v) is 9.84. The molecule has 1 aromatic carbocycles. The van der Waals surface area contributed by atoms with E-state index in [1.807, 2.05) is 32.9 Å². The molecule has 1 saturated heterocycles. The highest BCUT2D eigenvalue weighted by Crippen LogP contribution is 2.37. The van der Waals surface area contributed by atoms with Crippen molar-refractivity contribution in [2.24, 2.45) is 0 Å². The van der Waals surface area contributed by atoms with Gasteiger partial charge in [0.15, 0.2) is 11.5 Å². The molecule has 3 atom stereocenters. The van der Waals surface area contributed by atoms with E-state index < -0.39 is 22.9 Å². The van der Waals surface area contributed by atoms with E-state index in [1.54, 1.807) is 12.1 Å². The second-order valence-electron chi connectivity index (χ2n) is 8.00. The van der Waals surface area contributed by atoms with Gasteiger partial charge in [0, 0.05) is 12.5 Å². The Kier molecular flexibility index (Phi) is 5.89. The molecule has 2 aliphatic heterocycles. The number of hydrogen-bond donors (Lipinski definition) is 0. The summed E-state index contributed by atoms with van der Waals surface area (Å²) in [6, 6.07) is 4.85. The van der Waals surface area contributed by atoms with Crippen LogP contribution in [0.3, 0.4) is 0 Å². The third kappa shape index (κ3) is 4.27. The van der Waals surface area contributed by atoms with E-state index in [0.29, 0.717) is 24.5 Å². The molecular weight excluding hydrogens is 382 g/mol. The highest BCUT2D eigenvalue weighted by Gasteiger charge is 2.40. The Balaban J connectivity index is 1.76. The maximum Gasteiger partial charge on any atom is 0.329 e. The number of allylic oxidation sites excluding steroid dienone is 1. The van der Waals surface area contributed by atoms with E-state index in [1.165, 1.54) is 4.90 Å². The number of benzene rings is 1. The molecule has 28 heavy (non-hydrogen) atoms. The fourth-order valence-electron chi connectivity index (χ4n) is 3.50. The highest BCUT2D eigenvalue weighted by molar-refractivity contribution is 6.31. The number of fused-ring (bicyclic) bond motifs is 1. The number of carbonyl (C=O) groups excluding carboxylic acids is 2. The second-order valence-corrected chi connectivity index (χ2v) is 8.47. The first kappa shape index (κ1) is 20.5. The molecule has 2 heterocycles. The van der Waals surface area contributed by atoms with E-state index in [0.717, 1.165) is 12.0 Å². The summed E-state index contributed by atoms with van der Waals surface area (Å²) in [6.45, 7) is 9.93. The third-order valence-electron chi connectivity index (χ3n) is 4.80. The number of likely N-dealkylation sites (tertiary alicyclic amines) is 1. The third-order valence-corrected chi connectivity index (χ3v) is 5.26. The van der Waals surface area contributed by atoms with Gasteiger partial charge in [0.25, 0.3) is 0 Å². The van der Waals surface area contributed by atoms with Crippen molar-refractivity contribution in [1.29, 1.82) is 0 Å². The van der Waals surface area contributed by atoms with Gasteiger partial charge in [-0.1, -0.05) is 12.1 Å². The number of nitrogens with zero attached hydrogens (tertiary/aromatic N) is 1. The molecule has 0 aromatic heterocycles. The SMILES string of the molecule is C=CC(c1ccc2c(c1)OCO2)C(Cl)C(=O)N1CCC[C@H]1C(=O)OC(C)(C)C. The van der Waals surface area contributed by atoms with E-state index >= 15 is 0 Å². The Hall–Kier alpha value is -2.21. The van der Waals surface area contributed by atoms with Crippen LogP contribution in [0.15, 0.2) is 30.9 Å². The molecule has 6 nitrogen and oxygen atoms in total. The summed E-state index contributed by atoms with van der Waals surface area (Å²) < 4.78 is 16.2. The molecule has 0 bridgehead atoms. The zero-order valence-corrected chi connectivity index (χ0v) is 17.2. The summed E-state index contributed by atoms with van der Waals surface area (Å²) in [5.41, 5.74) is 0.200. The molecule has 2 unspecified atom stereocenters. The van der Waals surface area contributed by atoms with Gasteiger partial charge in [-0.2, -0.15) is 0 Å². The number of amides is 1. The van der Waals surface area contributed by atoms with E-state index in [2.05, 4.69) is 6.58 Å². The van der Waals surface area contributed by atoms with Crippen LogP contribution in [0.1, 0.15) is 45.1 Å². The molecular formula is C21H26ClNO5. The largest absolute Gasteiger partial charge is 0.458 e. The van der Waals surface area contributed by atoms with Gasteiger partial charge in [0.2, 0.25) is 12.7 Å². The van der Waals surface area contributed by atoms with Crippen molar-refractivity contribution in [3.8, 4) is 11.5 Å². The number of alkyl halides is 1. The molecule has 0 radical (unpaired) electrons. The van der Waals surface area contributed by atoms with Gasteiger partial charge in [-0.15, -0.1) is 18.2 Å². The van der Waals surface area contributed by atoms with Gasteiger partial charge < -0.3 is 19.1 Å². The Labute approximate surface area is 170 Å². The molecule has 1 amide bonds. The van der Waals surface area contributed by atoms with Crippen molar-refractivity contribution in [3.63, 3.8) is 0 Å². The van der Waals surface area contributed by atoms with Gasteiger partial charge in [-0.25, -0.2) is 4.79 Å². The standard InChI is InChI=1S/C21H26ClNO5/c1-5-14(13-8-9-16-17(11-13)27-12-26-16)18(22)19(24)23-10-6-7-15(23)20(25)28-21(2,3)4/h5,8-9,11,14-15,18H,1,6-7,10,12H2,2-4H3/t14?,15-,18?/m0/s1. The van der Waals surface area contributed by atoms with Crippen molar-refractivity contribution in [2.45, 2.75) is 56.6 Å². The predicted molar refractivity (Wildman–Crippen MR) is 106 cm³/mol. The molecule has 2 aliphatic rings. The van der Waals surface area contributed by atoms with Crippen LogP contribution in [0.25, 0.3) is 0 Å². The average Bonchev–Trinajstić information content (AvgIpc) is 3.29. The molecule has 0 N–H and O–H groups in total. The topological polar surface area (TPSA) is 65.1 Å². The van der Waals surface area contributed by atoms with Crippen LogP contribution in [0.4, 0.5) is 0 Å². The normalized spacial score (nSPS) is 20.6. The zero-order valence-electron chi connectivity index (χ0n) is 16.4. The van der Waals surface area contributed by atoms with Gasteiger partial charge >= 0.3 is 5.97 Å². The van der Waals surface area contributed by atoms with Crippen LogP contribution in [-0.2, 0) is 14.3 Å². The van der Waals surface area contributed by atoms with Crippen molar-refractivity contribution >= 4 is 23.5 Å². The van der Waals surface area contributed by atoms with Crippen LogP contribution in [0, 0.1) is 0 Å². The van der Waals surface area contributed by atoms with Crippen molar-refractivity contribution < 1.29 is 23.8 Å². The minimum atomic E-state index is -0.888. The first-order valence-electron chi connectivity index (χ1n) is 9.41. The first-order chi connectivity index (χ1) is 13.2. The summed E-state index contributed by atoms with van der Waals surface area (Å²) in [7, 11) is 0. The van der Waals surface area contributed by atoms with Gasteiger partial charge in [0.05, 0.1) is 0 Å². The van der Waals surface area contributed by atoms with E-state index in [-0.39, 0.29) is 18.7 Å². The average molecular weight is 408 g/mol. The fraction of sp³-hybridized carbons (Fsp3) is 0.524. The molecule has 1 aromatic rings. The molecule has 0 spiro atoms. The number of esters is 1. The minimum absolute atomic E-state index is 0.173. The van der Waals surface area contributed by atoms with Crippen molar-refractivity contribution in [3.05, 3.63) is 36.4 Å². The summed E-state index contributed by atoms with van der Waals surface area (Å²) in [5, 5.41) is -0.888. The Morgan fingerprint density at radius 3 is 2.71 bits per heavy atom. The van der Waals surface area contributed by atoms with Gasteiger partial charge in [0.1, 0.15) is 17.0 Å². The second kappa shape index (κ2) is 8.03. The van der Waals surface area contributed by atoms with Crippen LogP contribution in [-0.4, -0.2) is 47.1 Å². The quantitative estimate of drug-likeness (QED) is 0.423. The zero-order chi connectivity index (χ0) is 20.5. The molecule has 0 saturated carbocycles. The van der Waals surface area contributed by atoms with Crippen molar-refractivity contribution in [2.75, 3.05) is 13.3 Å². The Bertz CT molecular complexity index is 773. The molecule has 0 aliphatic carbocycles. The lowest BCUT2D eigenvalue weighted by atomic mass is 9.94. The number of ether oxygens (including phenoxy) is 3. The molecule has 152 valence electrons.